The maximum Gasteiger partial charge on any atom is 0.424 e. The van der Waals surface area contributed by atoms with Gasteiger partial charge in [0.15, 0.2) is 0 Å². The Labute approximate surface area is 97.3 Å². The van der Waals surface area contributed by atoms with Crippen molar-refractivity contribution >= 4 is 29.7 Å². The zero-order valence-corrected chi connectivity index (χ0v) is 9.91. The van der Waals surface area contributed by atoms with E-state index in [1.807, 2.05) is 13.8 Å². The first kappa shape index (κ1) is 12.8. The van der Waals surface area contributed by atoms with Crippen LogP contribution in [0, 0.1) is 0 Å². The lowest BCUT2D eigenvalue weighted by Gasteiger charge is -2.15. The van der Waals surface area contributed by atoms with E-state index in [2.05, 4.69) is 0 Å². The molecule has 1 saturated heterocycles. The van der Waals surface area contributed by atoms with E-state index in [1.54, 1.807) is 5.43 Å². The maximum absolute atomic E-state index is 11.7. The minimum absolute atomic E-state index is 0.0636. The van der Waals surface area contributed by atoms with Gasteiger partial charge in [0, 0.05) is 11.7 Å². The number of imide groups is 1. The monoisotopic (exact) mass is 246 g/mol. The second-order valence-electron chi connectivity index (χ2n) is 3.53. The minimum atomic E-state index is -1.41. The largest absolute Gasteiger partial charge is 0.464 e. The molecular weight excluding hydrogens is 232 g/mol. The third-order valence-electron chi connectivity index (χ3n) is 2.28. The first-order valence-electron chi connectivity index (χ1n) is 4.97. The number of thioether (sulfide) groups is 1. The molecular formula is C9H14N2O4S. The summed E-state index contributed by atoms with van der Waals surface area (Å²) in [6.45, 7) is 3.96. The van der Waals surface area contributed by atoms with Crippen LogP contribution in [0.3, 0.4) is 0 Å². The zero-order chi connectivity index (χ0) is 12.3. The van der Waals surface area contributed by atoms with E-state index in [0.29, 0.717) is 5.01 Å². The highest BCUT2D eigenvalue weighted by Gasteiger charge is 2.40. The molecule has 0 aliphatic carbocycles. The summed E-state index contributed by atoms with van der Waals surface area (Å²) in [6.07, 6.45) is -0.445. The highest BCUT2D eigenvalue weighted by molar-refractivity contribution is 8.01. The fourth-order valence-electron chi connectivity index (χ4n) is 1.30. The van der Waals surface area contributed by atoms with Crippen LogP contribution < -0.4 is 5.43 Å². The number of nitrogens with zero attached hydrogens (tertiary/aromatic N) is 1. The van der Waals surface area contributed by atoms with Crippen molar-refractivity contribution in [1.29, 1.82) is 0 Å². The van der Waals surface area contributed by atoms with Crippen LogP contribution >= 0.6 is 11.8 Å². The molecule has 1 aliphatic heterocycles. The summed E-state index contributed by atoms with van der Waals surface area (Å²) in [7, 11) is 0. The van der Waals surface area contributed by atoms with Gasteiger partial charge in [-0.05, 0) is 6.42 Å². The summed E-state index contributed by atoms with van der Waals surface area (Å²) in [5.41, 5.74) is 1.80. The first-order chi connectivity index (χ1) is 7.45. The van der Waals surface area contributed by atoms with Crippen molar-refractivity contribution in [2.45, 2.75) is 37.2 Å². The van der Waals surface area contributed by atoms with Crippen LogP contribution in [0.25, 0.3) is 0 Å². The number of rotatable bonds is 4. The van der Waals surface area contributed by atoms with E-state index in [4.69, 9.17) is 5.11 Å². The van der Waals surface area contributed by atoms with E-state index in [-0.39, 0.29) is 11.7 Å². The average molecular weight is 246 g/mol. The summed E-state index contributed by atoms with van der Waals surface area (Å²) in [5.74, 6) is -0.967. The van der Waals surface area contributed by atoms with Crippen LogP contribution in [-0.2, 0) is 9.59 Å². The van der Waals surface area contributed by atoms with E-state index >= 15 is 0 Å². The Morgan fingerprint density at radius 1 is 1.69 bits per heavy atom. The third kappa shape index (κ3) is 2.88. The predicted octanol–water partition coefficient (Wildman–Crippen LogP) is 0.828. The third-order valence-corrected chi connectivity index (χ3v) is 3.78. The van der Waals surface area contributed by atoms with Crippen molar-refractivity contribution in [3.63, 3.8) is 0 Å². The fraction of sp³-hybridized carbons (Fsp3) is 0.667. The molecule has 0 aromatic carbocycles. The quantitative estimate of drug-likeness (QED) is 0.717. The molecule has 0 aromatic rings. The first-order valence-corrected chi connectivity index (χ1v) is 5.91. The molecule has 0 spiro atoms. The lowest BCUT2D eigenvalue weighted by atomic mass is 10.3. The summed E-state index contributed by atoms with van der Waals surface area (Å²) in [4.78, 5) is 33.4. The molecule has 0 bridgehead atoms. The predicted molar refractivity (Wildman–Crippen MR) is 58.8 cm³/mol. The van der Waals surface area contributed by atoms with Gasteiger partial charge < -0.3 is 5.11 Å². The molecule has 0 aromatic heterocycles. The van der Waals surface area contributed by atoms with Crippen LogP contribution in [0.15, 0.2) is 0 Å². The molecule has 0 saturated carbocycles. The zero-order valence-electron chi connectivity index (χ0n) is 9.10. The lowest BCUT2D eigenvalue weighted by Crippen LogP contribution is -2.45. The molecule has 2 atom stereocenters. The van der Waals surface area contributed by atoms with Crippen molar-refractivity contribution in [3.8, 4) is 0 Å². The van der Waals surface area contributed by atoms with Gasteiger partial charge in [-0.25, -0.2) is 10.2 Å². The molecule has 2 N–H and O–H groups in total. The number of hydrazine groups is 1. The topological polar surface area (TPSA) is 86.7 Å². The van der Waals surface area contributed by atoms with Gasteiger partial charge >= 0.3 is 6.09 Å². The van der Waals surface area contributed by atoms with Gasteiger partial charge in [0.25, 0.3) is 5.91 Å². The molecule has 1 fully saturated rings. The van der Waals surface area contributed by atoms with Crippen molar-refractivity contribution in [2.75, 3.05) is 0 Å². The van der Waals surface area contributed by atoms with E-state index in [1.165, 1.54) is 11.8 Å². The highest BCUT2D eigenvalue weighted by Crippen LogP contribution is 2.28. The number of amides is 3. The van der Waals surface area contributed by atoms with E-state index in [0.717, 1.165) is 6.42 Å². The Morgan fingerprint density at radius 3 is 2.81 bits per heavy atom. The van der Waals surface area contributed by atoms with Gasteiger partial charge in [0.05, 0.1) is 5.25 Å². The summed E-state index contributed by atoms with van der Waals surface area (Å²) < 4.78 is 0. The van der Waals surface area contributed by atoms with Crippen molar-refractivity contribution in [3.05, 3.63) is 0 Å². The van der Waals surface area contributed by atoms with Gasteiger partial charge in [-0.1, -0.05) is 13.8 Å². The standard InChI is InChI=1S/C9H14N2O4S/c1-3-5(2)16-6-4-7(12)11(8(6)13)10-9(14)15/h5-6,10H,3-4H2,1-2H3,(H,14,15). The molecule has 0 radical (unpaired) electrons. The van der Waals surface area contributed by atoms with Gasteiger partial charge in [-0.2, -0.15) is 5.01 Å². The second-order valence-corrected chi connectivity index (χ2v) is 5.18. The van der Waals surface area contributed by atoms with Gasteiger partial charge in [0.1, 0.15) is 0 Å². The Bertz CT molecular complexity index is 321. The van der Waals surface area contributed by atoms with Crippen LogP contribution in [0.5, 0.6) is 0 Å². The van der Waals surface area contributed by atoms with Gasteiger partial charge in [-0.3, -0.25) is 9.59 Å². The maximum atomic E-state index is 11.7. The molecule has 3 amide bonds. The van der Waals surface area contributed by atoms with Crippen molar-refractivity contribution in [1.82, 2.24) is 10.4 Å². The number of nitrogens with one attached hydrogen (secondary N) is 1. The molecule has 7 heteroatoms. The van der Waals surface area contributed by atoms with Crippen molar-refractivity contribution in [2.24, 2.45) is 0 Å². The van der Waals surface area contributed by atoms with Gasteiger partial charge in [0.2, 0.25) is 5.91 Å². The smallest absolute Gasteiger partial charge is 0.424 e. The average Bonchev–Trinajstić information content (AvgIpc) is 2.45. The van der Waals surface area contributed by atoms with Crippen LogP contribution in [-0.4, -0.2) is 38.5 Å². The molecule has 2 unspecified atom stereocenters. The van der Waals surface area contributed by atoms with E-state index in [9.17, 15) is 14.4 Å². The Kier molecular flexibility index (Phi) is 4.17. The normalized spacial score (nSPS) is 22.4. The molecule has 1 rings (SSSR count). The van der Waals surface area contributed by atoms with Crippen LogP contribution in [0.4, 0.5) is 4.79 Å². The highest BCUT2D eigenvalue weighted by atomic mass is 32.2. The molecule has 6 nitrogen and oxygen atoms in total. The SMILES string of the molecule is CCC(C)SC1CC(=O)N(NC(=O)O)C1=O. The summed E-state index contributed by atoms with van der Waals surface area (Å²) in [5, 5.41) is 8.85. The number of carbonyl (C=O) groups is 3. The Morgan fingerprint density at radius 2 is 2.31 bits per heavy atom. The lowest BCUT2D eigenvalue weighted by molar-refractivity contribution is -0.141. The number of carbonyl (C=O) groups excluding carboxylic acids is 2. The summed E-state index contributed by atoms with van der Waals surface area (Å²) in [6, 6.07) is 0. The summed E-state index contributed by atoms with van der Waals surface area (Å²) >= 11 is 1.40. The number of hydrogen-bond acceptors (Lipinski definition) is 4. The Hall–Kier alpha value is -1.24. The van der Waals surface area contributed by atoms with E-state index < -0.39 is 23.2 Å². The number of carboxylic acid groups (broad SMARTS) is 1. The van der Waals surface area contributed by atoms with Crippen LogP contribution in [0.1, 0.15) is 26.7 Å². The van der Waals surface area contributed by atoms with Crippen molar-refractivity contribution < 1.29 is 19.5 Å². The second kappa shape index (κ2) is 5.20. The molecule has 16 heavy (non-hydrogen) atoms. The molecule has 90 valence electrons. The minimum Gasteiger partial charge on any atom is -0.464 e. The van der Waals surface area contributed by atoms with Crippen LogP contribution in [0.2, 0.25) is 0 Å². The fourth-order valence-corrected chi connectivity index (χ4v) is 2.51. The number of hydrogen-bond donors (Lipinski definition) is 2. The van der Waals surface area contributed by atoms with Gasteiger partial charge in [-0.15, -0.1) is 11.8 Å². The molecule has 1 heterocycles. The Balaban J connectivity index is 2.63. The molecule has 1 aliphatic rings.